The van der Waals surface area contributed by atoms with Crippen molar-refractivity contribution in [2.75, 3.05) is 18.0 Å². The highest BCUT2D eigenvalue weighted by molar-refractivity contribution is 5.49. The zero-order valence-electron chi connectivity index (χ0n) is 11.3. The van der Waals surface area contributed by atoms with Crippen LogP contribution < -0.4 is 10.6 Å². The molecule has 0 amide bonds. The van der Waals surface area contributed by atoms with Gasteiger partial charge in [0.1, 0.15) is 5.82 Å². The SMILES string of the molecule is NCCN(Cc1ccccc1)c1ncccc1C(F)(F)F. The Kier molecular flexibility index (Phi) is 4.80. The number of pyridine rings is 1. The van der Waals surface area contributed by atoms with Crippen LogP contribution in [0.1, 0.15) is 11.1 Å². The first-order valence-corrected chi connectivity index (χ1v) is 6.53. The molecule has 0 unspecified atom stereocenters. The second-order valence-electron chi connectivity index (χ2n) is 4.57. The fraction of sp³-hybridized carbons (Fsp3) is 0.267. The molecule has 2 N–H and O–H groups in total. The monoisotopic (exact) mass is 295 g/mol. The van der Waals surface area contributed by atoms with Gasteiger partial charge in [0, 0.05) is 25.8 Å². The summed E-state index contributed by atoms with van der Waals surface area (Å²) in [6, 6.07) is 11.6. The Morgan fingerprint density at radius 1 is 1.05 bits per heavy atom. The maximum Gasteiger partial charge on any atom is 0.419 e. The van der Waals surface area contributed by atoms with Crippen molar-refractivity contribution in [3.8, 4) is 0 Å². The summed E-state index contributed by atoms with van der Waals surface area (Å²) in [5, 5.41) is 0. The van der Waals surface area contributed by atoms with Gasteiger partial charge in [-0.25, -0.2) is 4.98 Å². The normalized spacial score (nSPS) is 11.4. The first-order valence-electron chi connectivity index (χ1n) is 6.53. The summed E-state index contributed by atoms with van der Waals surface area (Å²) < 4.78 is 39.3. The van der Waals surface area contributed by atoms with Crippen molar-refractivity contribution in [1.29, 1.82) is 0 Å². The van der Waals surface area contributed by atoms with Crippen molar-refractivity contribution in [3.63, 3.8) is 0 Å². The van der Waals surface area contributed by atoms with E-state index >= 15 is 0 Å². The summed E-state index contributed by atoms with van der Waals surface area (Å²) in [5.41, 5.74) is 5.69. The van der Waals surface area contributed by atoms with Gasteiger partial charge < -0.3 is 10.6 Å². The molecule has 6 heteroatoms. The van der Waals surface area contributed by atoms with Gasteiger partial charge in [-0.3, -0.25) is 0 Å². The van der Waals surface area contributed by atoms with E-state index in [4.69, 9.17) is 5.73 Å². The third-order valence-electron chi connectivity index (χ3n) is 3.01. The molecular weight excluding hydrogens is 279 g/mol. The number of nitrogens with zero attached hydrogens (tertiary/aromatic N) is 2. The Bertz CT molecular complexity index is 570. The second kappa shape index (κ2) is 6.58. The van der Waals surface area contributed by atoms with Crippen molar-refractivity contribution in [2.45, 2.75) is 12.7 Å². The summed E-state index contributed by atoms with van der Waals surface area (Å²) in [7, 11) is 0. The number of hydrogen-bond acceptors (Lipinski definition) is 3. The number of halogens is 3. The van der Waals surface area contributed by atoms with Gasteiger partial charge in [0.15, 0.2) is 0 Å². The molecule has 2 rings (SSSR count). The Morgan fingerprint density at radius 2 is 1.76 bits per heavy atom. The predicted octanol–water partition coefficient (Wildman–Crippen LogP) is 3.07. The van der Waals surface area contributed by atoms with E-state index in [1.807, 2.05) is 30.3 Å². The molecule has 0 saturated heterocycles. The predicted molar refractivity (Wildman–Crippen MR) is 75.8 cm³/mol. The maximum atomic E-state index is 13.1. The molecule has 2 aromatic rings. The van der Waals surface area contributed by atoms with E-state index in [1.165, 1.54) is 12.3 Å². The molecular formula is C15H16F3N3. The average molecular weight is 295 g/mol. The summed E-state index contributed by atoms with van der Waals surface area (Å²) in [4.78, 5) is 5.46. The third kappa shape index (κ3) is 3.95. The van der Waals surface area contributed by atoms with Crippen LogP contribution in [0.15, 0.2) is 48.7 Å². The van der Waals surface area contributed by atoms with Gasteiger partial charge in [-0.2, -0.15) is 13.2 Å². The highest BCUT2D eigenvalue weighted by atomic mass is 19.4. The zero-order chi connectivity index (χ0) is 15.3. The van der Waals surface area contributed by atoms with Crippen molar-refractivity contribution in [2.24, 2.45) is 5.73 Å². The lowest BCUT2D eigenvalue weighted by Crippen LogP contribution is -2.31. The van der Waals surface area contributed by atoms with Gasteiger partial charge in [-0.15, -0.1) is 0 Å². The van der Waals surface area contributed by atoms with Gasteiger partial charge in [0.25, 0.3) is 0 Å². The molecule has 1 heterocycles. The number of rotatable bonds is 5. The summed E-state index contributed by atoms with van der Waals surface area (Å²) >= 11 is 0. The minimum Gasteiger partial charge on any atom is -0.351 e. The van der Waals surface area contributed by atoms with Gasteiger partial charge in [0.05, 0.1) is 5.56 Å². The number of aromatic nitrogens is 1. The van der Waals surface area contributed by atoms with E-state index in [1.54, 1.807) is 4.90 Å². The Labute approximate surface area is 121 Å². The first-order chi connectivity index (χ1) is 10.0. The Hall–Kier alpha value is -2.08. The maximum absolute atomic E-state index is 13.1. The smallest absolute Gasteiger partial charge is 0.351 e. The number of alkyl halides is 3. The van der Waals surface area contributed by atoms with Crippen LogP contribution in [0, 0.1) is 0 Å². The quantitative estimate of drug-likeness (QED) is 0.922. The third-order valence-corrected chi connectivity index (χ3v) is 3.01. The topological polar surface area (TPSA) is 42.1 Å². The van der Waals surface area contributed by atoms with E-state index in [9.17, 15) is 13.2 Å². The molecule has 0 aliphatic rings. The molecule has 0 aliphatic carbocycles. The second-order valence-corrected chi connectivity index (χ2v) is 4.57. The molecule has 1 aromatic heterocycles. The molecule has 0 bridgehead atoms. The van der Waals surface area contributed by atoms with Crippen LogP contribution >= 0.6 is 0 Å². The van der Waals surface area contributed by atoms with Gasteiger partial charge >= 0.3 is 6.18 Å². The van der Waals surface area contributed by atoms with Crippen LogP contribution in [0.3, 0.4) is 0 Å². The molecule has 0 radical (unpaired) electrons. The fourth-order valence-corrected chi connectivity index (χ4v) is 2.09. The number of nitrogens with two attached hydrogens (primary N) is 1. The van der Waals surface area contributed by atoms with Crippen LogP contribution in [-0.4, -0.2) is 18.1 Å². The van der Waals surface area contributed by atoms with Crippen molar-refractivity contribution < 1.29 is 13.2 Å². The lowest BCUT2D eigenvalue weighted by Gasteiger charge is -2.26. The van der Waals surface area contributed by atoms with Crippen LogP contribution in [0.2, 0.25) is 0 Å². The standard InChI is InChI=1S/C15H16F3N3/c16-15(17,18)13-7-4-9-20-14(13)21(10-8-19)11-12-5-2-1-3-6-12/h1-7,9H,8,10-11,19H2. The first kappa shape index (κ1) is 15.3. The minimum atomic E-state index is -4.44. The molecule has 0 fully saturated rings. The van der Waals surface area contributed by atoms with Gasteiger partial charge in [-0.1, -0.05) is 30.3 Å². The van der Waals surface area contributed by atoms with Gasteiger partial charge in [0.2, 0.25) is 0 Å². The average Bonchev–Trinajstić information content (AvgIpc) is 2.47. The number of hydrogen-bond donors (Lipinski definition) is 1. The Balaban J connectivity index is 2.35. The molecule has 1 aromatic carbocycles. The molecule has 21 heavy (non-hydrogen) atoms. The van der Waals surface area contributed by atoms with E-state index in [0.717, 1.165) is 11.6 Å². The zero-order valence-corrected chi connectivity index (χ0v) is 11.3. The Morgan fingerprint density at radius 3 is 2.38 bits per heavy atom. The summed E-state index contributed by atoms with van der Waals surface area (Å²) in [6.07, 6.45) is -3.08. The van der Waals surface area contributed by atoms with Crippen molar-refractivity contribution in [1.82, 2.24) is 4.98 Å². The highest BCUT2D eigenvalue weighted by Gasteiger charge is 2.35. The van der Waals surface area contributed by atoms with Crippen LogP contribution in [0.25, 0.3) is 0 Å². The number of anilines is 1. The molecule has 0 saturated carbocycles. The van der Waals surface area contributed by atoms with E-state index in [2.05, 4.69) is 4.98 Å². The molecule has 3 nitrogen and oxygen atoms in total. The molecule has 0 aliphatic heterocycles. The van der Waals surface area contributed by atoms with Crippen LogP contribution in [0.4, 0.5) is 19.0 Å². The summed E-state index contributed by atoms with van der Waals surface area (Å²) in [5.74, 6) is -0.0840. The number of benzene rings is 1. The molecule has 112 valence electrons. The minimum absolute atomic E-state index is 0.0840. The fourth-order valence-electron chi connectivity index (χ4n) is 2.09. The van der Waals surface area contributed by atoms with E-state index < -0.39 is 11.7 Å². The molecule has 0 spiro atoms. The molecule has 0 atom stereocenters. The lowest BCUT2D eigenvalue weighted by molar-refractivity contribution is -0.137. The van der Waals surface area contributed by atoms with E-state index in [-0.39, 0.29) is 12.4 Å². The lowest BCUT2D eigenvalue weighted by atomic mass is 10.2. The van der Waals surface area contributed by atoms with Crippen molar-refractivity contribution in [3.05, 3.63) is 59.8 Å². The highest BCUT2D eigenvalue weighted by Crippen LogP contribution is 2.35. The summed E-state index contributed by atoms with van der Waals surface area (Å²) in [6.45, 7) is 0.883. The van der Waals surface area contributed by atoms with Gasteiger partial charge in [-0.05, 0) is 17.7 Å². The van der Waals surface area contributed by atoms with Crippen LogP contribution in [-0.2, 0) is 12.7 Å². The largest absolute Gasteiger partial charge is 0.419 e. The van der Waals surface area contributed by atoms with E-state index in [0.29, 0.717) is 13.1 Å². The van der Waals surface area contributed by atoms with Crippen LogP contribution in [0.5, 0.6) is 0 Å². The van der Waals surface area contributed by atoms with Crippen molar-refractivity contribution >= 4 is 5.82 Å².